The first-order valence-corrected chi connectivity index (χ1v) is 7.72. The molecule has 0 aliphatic heterocycles. The third kappa shape index (κ3) is 4.55. The topological polar surface area (TPSA) is 38.3 Å². The second-order valence-electron chi connectivity index (χ2n) is 5.76. The molecule has 0 heterocycles. The number of hydrogen-bond acceptors (Lipinski definition) is 2. The molecule has 0 bridgehead atoms. The molecule has 23 heavy (non-hydrogen) atoms. The van der Waals surface area contributed by atoms with Crippen molar-refractivity contribution in [3.8, 4) is 5.75 Å². The van der Waals surface area contributed by atoms with Gasteiger partial charge in [0.25, 0.3) is 0 Å². The molecule has 122 valence electrons. The lowest BCUT2D eigenvalue weighted by Gasteiger charge is -2.13. The van der Waals surface area contributed by atoms with Gasteiger partial charge in [-0.15, -0.1) is 0 Å². The summed E-state index contributed by atoms with van der Waals surface area (Å²) < 4.78 is 18.5. The zero-order chi connectivity index (χ0) is 16.8. The number of carbonyl (C=O) groups excluding carboxylic acids is 1. The van der Waals surface area contributed by atoms with E-state index in [1.807, 2.05) is 24.3 Å². The van der Waals surface area contributed by atoms with Crippen LogP contribution in [0, 0.1) is 5.82 Å². The van der Waals surface area contributed by atoms with Gasteiger partial charge in [0, 0.05) is 12.1 Å². The van der Waals surface area contributed by atoms with E-state index in [1.54, 1.807) is 12.1 Å². The first-order chi connectivity index (χ1) is 11.0. The van der Waals surface area contributed by atoms with Crippen LogP contribution in [-0.2, 0) is 11.2 Å². The van der Waals surface area contributed by atoms with Crippen molar-refractivity contribution in [3.05, 3.63) is 59.4 Å². The third-order valence-corrected chi connectivity index (χ3v) is 3.71. The molecule has 2 rings (SSSR count). The summed E-state index contributed by atoms with van der Waals surface area (Å²) in [6, 6.07) is 12.5. The minimum Gasteiger partial charge on any atom is -0.494 e. The monoisotopic (exact) mass is 315 g/mol. The fourth-order valence-corrected chi connectivity index (χ4v) is 2.45. The molecular weight excluding hydrogens is 293 g/mol. The largest absolute Gasteiger partial charge is 0.494 e. The molecule has 0 fully saturated rings. The normalized spacial score (nSPS) is 10.7. The predicted molar refractivity (Wildman–Crippen MR) is 90.4 cm³/mol. The van der Waals surface area contributed by atoms with Gasteiger partial charge >= 0.3 is 0 Å². The van der Waals surface area contributed by atoms with E-state index < -0.39 is 5.82 Å². The van der Waals surface area contributed by atoms with E-state index in [2.05, 4.69) is 19.2 Å². The van der Waals surface area contributed by atoms with Gasteiger partial charge in [0.1, 0.15) is 0 Å². The molecule has 1 N–H and O–H groups in total. The Morgan fingerprint density at radius 1 is 1.22 bits per heavy atom. The molecule has 0 aromatic heterocycles. The Balaban J connectivity index is 1.97. The highest BCUT2D eigenvalue weighted by Crippen LogP contribution is 2.24. The Morgan fingerprint density at radius 3 is 2.61 bits per heavy atom. The van der Waals surface area contributed by atoms with Crippen molar-refractivity contribution in [3.63, 3.8) is 0 Å². The number of amides is 1. The summed E-state index contributed by atoms with van der Waals surface area (Å²) in [5.41, 5.74) is 2.72. The summed E-state index contributed by atoms with van der Waals surface area (Å²) in [6.45, 7) is 4.18. The number of halogens is 1. The van der Waals surface area contributed by atoms with Gasteiger partial charge in [0.05, 0.1) is 7.11 Å². The molecule has 1 amide bonds. The van der Waals surface area contributed by atoms with Gasteiger partial charge in [0.2, 0.25) is 5.91 Å². The maximum absolute atomic E-state index is 13.6. The molecule has 0 unspecified atom stereocenters. The van der Waals surface area contributed by atoms with E-state index in [1.165, 1.54) is 13.2 Å². The number of para-hydroxylation sites is 1. The van der Waals surface area contributed by atoms with E-state index in [4.69, 9.17) is 4.74 Å². The number of nitrogens with one attached hydrogen (secondary N) is 1. The lowest BCUT2D eigenvalue weighted by molar-refractivity contribution is -0.116. The maximum Gasteiger partial charge on any atom is 0.224 e. The number of benzene rings is 2. The smallest absolute Gasteiger partial charge is 0.224 e. The van der Waals surface area contributed by atoms with E-state index in [0.29, 0.717) is 18.8 Å². The van der Waals surface area contributed by atoms with Gasteiger partial charge in [-0.2, -0.15) is 0 Å². The predicted octanol–water partition coefficient (Wildman–Crippen LogP) is 4.53. The van der Waals surface area contributed by atoms with Crippen LogP contribution in [0.15, 0.2) is 42.5 Å². The van der Waals surface area contributed by atoms with E-state index in [0.717, 1.165) is 16.8 Å². The van der Waals surface area contributed by atoms with Crippen LogP contribution in [0.4, 0.5) is 10.1 Å². The molecular formula is C19H22FNO2. The van der Waals surface area contributed by atoms with Crippen LogP contribution in [0.1, 0.15) is 37.3 Å². The fourth-order valence-electron chi connectivity index (χ4n) is 2.45. The molecule has 2 aromatic carbocycles. The van der Waals surface area contributed by atoms with Crippen LogP contribution >= 0.6 is 0 Å². The summed E-state index contributed by atoms with van der Waals surface area (Å²) in [7, 11) is 1.43. The van der Waals surface area contributed by atoms with Gasteiger partial charge in [-0.25, -0.2) is 4.39 Å². The average Bonchev–Trinajstić information content (AvgIpc) is 2.53. The summed E-state index contributed by atoms with van der Waals surface area (Å²) in [5, 5.41) is 2.94. The van der Waals surface area contributed by atoms with Crippen LogP contribution in [0.3, 0.4) is 0 Å². The van der Waals surface area contributed by atoms with Crippen molar-refractivity contribution in [2.24, 2.45) is 0 Å². The molecule has 2 aromatic rings. The Kier molecular flexibility index (Phi) is 5.74. The maximum atomic E-state index is 13.6. The fraction of sp³-hybridized carbons (Fsp3) is 0.316. The molecule has 0 aliphatic rings. The number of rotatable bonds is 6. The summed E-state index contributed by atoms with van der Waals surface area (Å²) in [5.74, 6) is 0.0659. The number of hydrogen-bond donors (Lipinski definition) is 1. The number of ether oxygens (including phenoxy) is 1. The van der Waals surface area contributed by atoms with E-state index in [9.17, 15) is 9.18 Å². The van der Waals surface area contributed by atoms with Gasteiger partial charge in [-0.05, 0) is 41.7 Å². The number of anilines is 1. The second kappa shape index (κ2) is 7.77. The molecule has 0 saturated carbocycles. The first kappa shape index (κ1) is 17.0. The quantitative estimate of drug-likeness (QED) is 0.850. The van der Waals surface area contributed by atoms with Crippen LogP contribution in [0.5, 0.6) is 5.75 Å². The summed E-state index contributed by atoms with van der Waals surface area (Å²) in [4.78, 5) is 12.1. The Hall–Kier alpha value is -2.36. The van der Waals surface area contributed by atoms with Gasteiger partial charge in [-0.1, -0.05) is 38.1 Å². The zero-order valence-electron chi connectivity index (χ0n) is 13.7. The van der Waals surface area contributed by atoms with Crippen molar-refractivity contribution < 1.29 is 13.9 Å². The Morgan fingerprint density at radius 2 is 1.96 bits per heavy atom. The molecule has 0 aliphatic carbocycles. The van der Waals surface area contributed by atoms with Crippen LogP contribution in [-0.4, -0.2) is 13.0 Å². The lowest BCUT2D eigenvalue weighted by Crippen LogP contribution is -2.14. The standard InChI is InChI=1S/C19H22FNO2/c1-13(2)15-6-4-5-7-17(15)21-19(22)11-9-14-8-10-18(23-3)16(20)12-14/h4-8,10,12-13H,9,11H2,1-3H3,(H,21,22). The Bertz CT molecular complexity index is 683. The van der Waals surface area contributed by atoms with E-state index in [-0.39, 0.29) is 11.7 Å². The molecule has 4 heteroatoms. The zero-order valence-corrected chi connectivity index (χ0v) is 13.7. The van der Waals surface area contributed by atoms with Crippen molar-refractivity contribution in [1.82, 2.24) is 0 Å². The summed E-state index contributed by atoms with van der Waals surface area (Å²) >= 11 is 0. The number of carbonyl (C=O) groups is 1. The van der Waals surface area contributed by atoms with Crippen LogP contribution in [0.2, 0.25) is 0 Å². The van der Waals surface area contributed by atoms with E-state index >= 15 is 0 Å². The molecule has 0 saturated heterocycles. The van der Waals surface area contributed by atoms with Gasteiger partial charge in [0.15, 0.2) is 11.6 Å². The third-order valence-electron chi connectivity index (χ3n) is 3.71. The SMILES string of the molecule is COc1ccc(CCC(=O)Nc2ccccc2C(C)C)cc1F. The molecule has 0 radical (unpaired) electrons. The molecule has 3 nitrogen and oxygen atoms in total. The highest BCUT2D eigenvalue weighted by Gasteiger charge is 2.10. The molecule has 0 spiro atoms. The average molecular weight is 315 g/mol. The first-order valence-electron chi connectivity index (χ1n) is 7.72. The van der Waals surface area contributed by atoms with Crippen molar-refractivity contribution in [2.75, 3.05) is 12.4 Å². The number of aryl methyl sites for hydroxylation is 1. The molecule has 0 atom stereocenters. The minimum atomic E-state index is -0.407. The second-order valence-corrected chi connectivity index (χ2v) is 5.76. The van der Waals surface area contributed by atoms with Crippen LogP contribution < -0.4 is 10.1 Å². The van der Waals surface area contributed by atoms with Crippen molar-refractivity contribution in [1.29, 1.82) is 0 Å². The van der Waals surface area contributed by atoms with Crippen molar-refractivity contribution in [2.45, 2.75) is 32.6 Å². The van der Waals surface area contributed by atoms with Crippen LogP contribution in [0.25, 0.3) is 0 Å². The lowest BCUT2D eigenvalue weighted by atomic mass is 10.0. The Labute approximate surface area is 136 Å². The minimum absolute atomic E-state index is 0.0747. The summed E-state index contributed by atoms with van der Waals surface area (Å²) in [6.07, 6.45) is 0.786. The van der Waals surface area contributed by atoms with Crippen molar-refractivity contribution >= 4 is 11.6 Å². The van der Waals surface area contributed by atoms with Gasteiger partial charge < -0.3 is 10.1 Å². The van der Waals surface area contributed by atoms with Gasteiger partial charge in [-0.3, -0.25) is 4.79 Å². The number of methoxy groups -OCH3 is 1. The highest BCUT2D eigenvalue weighted by atomic mass is 19.1. The highest BCUT2D eigenvalue weighted by molar-refractivity contribution is 5.91.